The molecule has 2 aromatic rings. The minimum absolute atomic E-state index is 0.110. The number of hydrogen-bond acceptors (Lipinski definition) is 5. The summed E-state index contributed by atoms with van der Waals surface area (Å²) in [6, 6.07) is 15.8. The molecule has 0 aromatic heterocycles. The Morgan fingerprint density at radius 3 is 2.41 bits per heavy atom. The fraction of sp³-hybridized carbons (Fsp3) is 0.286. The van der Waals surface area contributed by atoms with E-state index in [9.17, 15) is 9.59 Å². The standard InChI is InChI=1S/C21H23N3O3/c25-20(16-24-13-5-2-6-14-24)23-22-15-17-9-11-19(12-10-17)27-21(26)18-7-3-1-4-8-18/h1,3-4,7-12,15H,2,5-6,13-14,16H2,(H,23,25). The number of hydrazone groups is 1. The molecule has 0 unspecified atom stereocenters. The number of benzene rings is 2. The number of likely N-dealkylation sites (tertiary alicyclic amines) is 1. The number of amides is 1. The molecule has 1 aliphatic heterocycles. The van der Waals surface area contributed by atoms with Gasteiger partial charge in [-0.25, -0.2) is 10.2 Å². The van der Waals surface area contributed by atoms with E-state index >= 15 is 0 Å². The van der Waals surface area contributed by atoms with Crippen molar-refractivity contribution in [2.45, 2.75) is 19.3 Å². The molecule has 140 valence electrons. The van der Waals surface area contributed by atoms with Gasteiger partial charge >= 0.3 is 5.97 Å². The molecule has 1 aliphatic rings. The van der Waals surface area contributed by atoms with Crippen LogP contribution in [0.2, 0.25) is 0 Å². The molecule has 0 radical (unpaired) electrons. The van der Waals surface area contributed by atoms with Crippen LogP contribution in [0.5, 0.6) is 5.75 Å². The summed E-state index contributed by atoms with van der Waals surface area (Å²) in [7, 11) is 0. The van der Waals surface area contributed by atoms with Crippen LogP contribution >= 0.6 is 0 Å². The van der Waals surface area contributed by atoms with Gasteiger partial charge in [-0.05, 0) is 67.9 Å². The van der Waals surface area contributed by atoms with Crippen molar-refractivity contribution >= 4 is 18.1 Å². The van der Waals surface area contributed by atoms with Gasteiger partial charge in [-0.2, -0.15) is 5.10 Å². The van der Waals surface area contributed by atoms with Crippen molar-refractivity contribution in [1.29, 1.82) is 0 Å². The second-order valence-electron chi connectivity index (χ2n) is 6.45. The monoisotopic (exact) mass is 365 g/mol. The fourth-order valence-corrected chi connectivity index (χ4v) is 2.90. The molecule has 2 aromatic carbocycles. The molecule has 1 amide bonds. The summed E-state index contributed by atoms with van der Waals surface area (Å²) in [4.78, 5) is 26.0. The maximum atomic E-state index is 12.0. The first-order valence-electron chi connectivity index (χ1n) is 9.12. The summed E-state index contributed by atoms with van der Waals surface area (Å²) in [5.41, 5.74) is 3.85. The number of carbonyl (C=O) groups excluding carboxylic acids is 2. The van der Waals surface area contributed by atoms with E-state index in [1.54, 1.807) is 54.7 Å². The largest absolute Gasteiger partial charge is 0.423 e. The van der Waals surface area contributed by atoms with Crippen LogP contribution in [0, 0.1) is 0 Å². The predicted molar refractivity (Wildman–Crippen MR) is 104 cm³/mol. The summed E-state index contributed by atoms with van der Waals surface area (Å²) in [5.74, 6) is -0.0568. The summed E-state index contributed by atoms with van der Waals surface area (Å²) in [6.45, 7) is 2.33. The highest BCUT2D eigenvalue weighted by molar-refractivity contribution is 5.91. The first kappa shape index (κ1) is 18.8. The van der Waals surface area contributed by atoms with E-state index in [4.69, 9.17) is 4.74 Å². The van der Waals surface area contributed by atoms with Gasteiger partial charge in [-0.3, -0.25) is 9.69 Å². The maximum absolute atomic E-state index is 12.0. The Hall–Kier alpha value is -2.99. The first-order chi connectivity index (χ1) is 13.2. The Bertz CT molecular complexity index is 782. The van der Waals surface area contributed by atoms with Gasteiger partial charge in [0.05, 0.1) is 18.3 Å². The van der Waals surface area contributed by atoms with Crippen LogP contribution in [0.15, 0.2) is 59.7 Å². The van der Waals surface area contributed by atoms with Crippen molar-refractivity contribution in [2.24, 2.45) is 5.10 Å². The smallest absolute Gasteiger partial charge is 0.343 e. The highest BCUT2D eigenvalue weighted by Crippen LogP contribution is 2.13. The van der Waals surface area contributed by atoms with Crippen molar-refractivity contribution in [2.75, 3.05) is 19.6 Å². The van der Waals surface area contributed by atoms with E-state index in [1.165, 1.54) is 6.42 Å². The normalized spacial score (nSPS) is 14.8. The van der Waals surface area contributed by atoms with Crippen molar-refractivity contribution in [3.63, 3.8) is 0 Å². The number of rotatable bonds is 6. The zero-order valence-corrected chi connectivity index (χ0v) is 15.1. The second-order valence-corrected chi connectivity index (χ2v) is 6.45. The number of ether oxygens (including phenoxy) is 1. The van der Waals surface area contributed by atoms with Crippen LogP contribution in [0.3, 0.4) is 0 Å². The number of nitrogens with zero attached hydrogens (tertiary/aromatic N) is 2. The third-order valence-corrected chi connectivity index (χ3v) is 4.32. The molecule has 1 N–H and O–H groups in total. The number of carbonyl (C=O) groups is 2. The summed E-state index contributed by atoms with van der Waals surface area (Å²) < 4.78 is 5.32. The molecule has 1 saturated heterocycles. The zero-order chi connectivity index (χ0) is 18.9. The van der Waals surface area contributed by atoms with Crippen molar-refractivity contribution < 1.29 is 14.3 Å². The van der Waals surface area contributed by atoms with Gasteiger partial charge in [0.1, 0.15) is 5.75 Å². The van der Waals surface area contributed by atoms with Crippen molar-refractivity contribution in [3.05, 3.63) is 65.7 Å². The first-order valence-corrected chi connectivity index (χ1v) is 9.12. The van der Waals surface area contributed by atoms with Gasteiger partial charge in [0.2, 0.25) is 0 Å². The van der Waals surface area contributed by atoms with Crippen molar-refractivity contribution in [1.82, 2.24) is 10.3 Å². The Labute approximate surface area is 158 Å². The van der Waals surface area contributed by atoms with Crippen molar-refractivity contribution in [3.8, 4) is 5.75 Å². The molecule has 0 spiro atoms. The van der Waals surface area contributed by atoms with Crippen LogP contribution in [0.25, 0.3) is 0 Å². The molecule has 0 bridgehead atoms. The number of hydrogen-bond donors (Lipinski definition) is 1. The molecule has 27 heavy (non-hydrogen) atoms. The topological polar surface area (TPSA) is 71.0 Å². The third kappa shape index (κ3) is 6.04. The predicted octanol–water partition coefficient (Wildman–Crippen LogP) is 2.84. The molecule has 0 aliphatic carbocycles. The lowest BCUT2D eigenvalue weighted by atomic mass is 10.1. The number of esters is 1. The Morgan fingerprint density at radius 1 is 1.00 bits per heavy atom. The molecular weight excluding hydrogens is 342 g/mol. The SMILES string of the molecule is O=C(CN1CCCCC1)NN=Cc1ccc(OC(=O)c2ccccc2)cc1. The average Bonchev–Trinajstić information content (AvgIpc) is 2.71. The quantitative estimate of drug-likeness (QED) is 0.370. The second kappa shape index (κ2) is 9.64. The van der Waals surface area contributed by atoms with E-state index in [0.29, 0.717) is 17.9 Å². The minimum atomic E-state index is -0.401. The van der Waals surface area contributed by atoms with E-state index in [1.807, 2.05) is 6.07 Å². The molecule has 0 saturated carbocycles. The van der Waals surface area contributed by atoms with Gasteiger partial charge in [-0.1, -0.05) is 24.6 Å². The summed E-state index contributed by atoms with van der Waals surface area (Å²) >= 11 is 0. The van der Waals surface area contributed by atoms with Gasteiger partial charge in [0.15, 0.2) is 0 Å². The summed E-state index contributed by atoms with van der Waals surface area (Å²) in [5, 5.41) is 3.99. The average molecular weight is 365 g/mol. The van der Waals surface area contributed by atoms with Gasteiger partial charge in [0, 0.05) is 0 Å². The molecule has 3 rings (SSSR count). The summed E-state index contributed by atoms with van der Waals surface area (Å²) in [6.07, 6.45) is 5.11. The van der Waals surface area contributed by atoms with Gasteiger partial charge < -0.3 is 4.74 Å². The molecule has 1 fully saturated rings. The molecular formula is C21H23N3O3. The van der Waals surface area contributed by atoms with Gasteiger partial charge in [-0.15, -0.1) is 0 Å². The van der Waals surface area contributed by atoms with Crippen LogP contribution in [0.4, 0.5) is 0 Å². The Kier molecular flexibility index (Phi) is 6.71. The fourth-order valence-electron chi connectivity index (χ4n) is 2.90. The van der Waals surface area contributed by atoms with E-state index in [0.717, 1.165) is 31.5 Å². The van der Waals surface area contributed by atoms with Crippen LogP contribution < -0.4 is 10.2 Å². The zero-order valence-electron chi connectivity index (χ0n) is 15.1. The molecule has 6 nitrogen and oxygen atoms in total. The molecule has 6 heteroatoms. The lowest BCUT2D eigenvalue weighted by Crippen LogP contribution is -2.38. The minimum Gasteiger partial charge on any atom is -0.423 e. The highest BCUT2D eigenvalue weighted by Gasteiger charge is 2.13. The van der Waals surface area contributed by atoms with Crippen LogP contribution in [0.1, 0.15) is 35.2 Å². The Morgan fingerprint density at radius 2 is 1.70 bits per heavy atom. The molecule has 1 heterocycles. The Balaban J connectivity index is 1.46. The van der Waals surface area contributed by atoms with Crippen LogP contribution in [-0.2, 0) is 4.79 Å². The van der Waals surface area contributed by atoms with Crippen LogP contribution in [-0.4, -0.2) is 42.6 Å². The number of piperidine rings is 1. The third-order valence-electron chi connectivity index (χ3n) is 4.32. The van der Waals surface area contributed by atoms with E-state index < -0.39 is 5.97 Å². The number of nitrogens with one attached hydrogen (secondary N) is 1. The van der Waals surface area contributed by atoms with E-state index in [-0.39, 0.29) is 5.91 Å². The molecule has 0 atom stereocenters. The highest BCUT2D eigenvalue weighted by atomic mass is 16.5. The lowest BCUT2D eigenvalue weighted by Gasteiger charge is -2.25. The lowest BCUT2D eigenvalue weighted by molar-refractivity contribution is -0.122. The van der Waals surface area contributed by atoms with E-state index in [2.05, 4.69) is 15.4 Å². The van der Waals surface area contributed by atoms with Gasteiger partial charge in [0.25, 0.3) is 5.91 Å². The maximum Gasteiger partial charge on any atom is 0.343 e.